The van der Waals surface area contributed by atoms with Crippen molar-refractivity contribution in [3.63, 3.8) is 0 Å². The average Bonchev–Trinajstić information content (AvgIpc) is 3.11. The van der Waals surface area contributed by atoms with Crippen LogP contribution < -0.4 is 9.80 Å². The van der Waals surface area contributed by atoms with Crippen LogP contribution in [0.5, 0.6) is 0 Å². The SMILES string of the molecule is CCN(CC)c1ccc(C2/C(=C(/O)c3ccncc3)C(=O)C(=O)N2c2ccc(C)cc2)cc1. The van der Waals surface area contributed by atoms with Gasteiger partial charge in [-0.05, 0) is 62.7 Å². The van der Waals surface area contributed by atoms with Crippen LogP contribution >= 0.6 is 0 Å². The number of amides is 1. The van der Waals surface area contributed by atoms with E-state index in [1.54, 1.807) is 24.5 Å². The predicted octanol–water partition coefficient (Wildman–Crippen LogP) is 4.86. The highest BCUT2D eigenvalue weighted by Gasteiger charge is 2.46. The molecule has 33 heavy (non-hydrogen) atoms. The Morgan fingerprint density at radius 3 is 2.12 bits per heavy atom. The molecule has 3 aromatic rings. The Bertz CT molecular complexity index is 1180. The lowest BCUT2D eigenvalue weighted by molar-refractivity contribution is -0.132. The number of hydrogen-bond donors (Lipinski definition) is 1. The summed E-state index contributed by atoms with van der Waals surface area (Å²) in [5.74, 6) is -1.57. The molecule has 0 bridgehead atoms. The quantitative estimate of drug-likeness (QED) is 0.336. The van der Waals surface area contributed by atoms with Crippen LogP contribution in [0.1, 0.15) is 36.6 Å². The van der Waals surface area contributed by atoms with Crippen molar-refractivity contribution in [2.24, 2.45) is 0 Å². The summed E-state index contributed by atoms with van der Waals surface area (Å²) in [5.41, 5.74) is 3.98. The smallest absolute Gasteiger partial charge is 0.300 e. The summed E-state index contributed by atoms with van der Waals surface area (Å²) < 4.78 is 0. The fourth-order valence-corrected chi connectivity index (χ4v) is 4.24. The van der Waals surface area contributed by atoms with Crippen molar-refractivity contribution in [3.8, 4) is 0 Å². The Hall–Kier alpha value is -3.93. The summed E-state index contributed by atoms with van der Waals surface area (Å²) in [4.78, 5) is 34.1. The van der Waals surface area contributed by atoms with E-state index in [1.807, 2.05) is 55.5 Å². The number of aromatic nitrogens is 1. The molecule has 1 aliphatic heterocycles. The first-order valence-corrected chi connectivity index (χ1v) is 11.1. The van der Waals surface area contributed by atoms with Crippen LogP contribution in [0.15, 0.2) is 78.6 Å². The second-order valence-corrected chi connectivity index (χ2v) is 8.00. The molecule has 1 fully saturated rings. The molecule has 1 aliphatic rings. The van der Waals surface area contributed by atoms with Gasteiger partial charge < -0.3 is 10.0 Å². The summed E-state index contributed by atoms with van der Waals surface area (Å²) in [5, 5.41) is 11.1. The zero-order valence-electron chi connectivity index (χ0n) is 19.0. The number of ketones is 1. The highest BCUT2D eigenvalue weighted by Crippen LogP contribution is 2.42. The molecular formula is C27H27N3O3. The number of hydrogen-bond acceptors (Lipinski definition) is 5. The van der Waals surface area contributed by atoms with Crippen molar-refractivity contribution in [1.82, 2.24) is 4.98 Å². The molecule has 1 N–H and O–H groups in total. The third-order valence-corrected chi connectivity index (χ3v) is 6.05. The maximum absolute atomic E-state index is 13.2. The number of aryl methyl sites for hydroxylation is 1. The van der Waals surface area contributed by atoms with Gasteiger partial charge in [-0.1, -0.05) is 29.8 Å². The van der Waals surface area contributed by atoms with Gasteiger partial charge in [0, 0.05) is 42.4 Å². The second-order valence-electron chi connectivity index (χ2n) is 8.00. The van der Waals surface area contributed by atoms with Gasteiger partial charge in [0.15, 0.2) is 0 Å². The van der Waals surface area contributed by atoms with Crippen molar-refractivity contribution in [3.05, 3.63) is 95.3 Å². The molecule has 1 saturated heterocycles. The van der Waals surface area contributed by atoms with Crippen molar-refractivity contribution in [1.29, 1.82) is 0 Å². The van der Waals surface area contributed by atoms with Gasteiger partial charge in [0.1, 0.15) is 5.76 Å². The zero-order valence-corrected chi connectivity index (χ0v) is 19.0. The van der Waals surface area contributed by atoms with Crippen LogP contribution in [-0.2, 0) is 9.59 Å². The molecule has 1 unspecified atom stereocenters. The number of carbonyl (C=O) groups is 2. The van der Waals surface area contributed by atoms with E-state index in [0.717, 1.165) is 29.9 Å². The molecule has 1 atom stereocenters. The third kappa shape index (κ3) is 4.12. The summed E-state index contributed by atoms with van der Waals surface area (Å²) in [6, 6.07) is 17.8. The molecule has 0 radical (unpaired) electrons. The van der Waals surface area contributed by atoms with E-state index in [1.165, 1.54) is 4.90 Å². The number of aliphatic hydroxyl groups is 1. The fourth-order valence-electron chi connectivity index (χ4n) is 4.24. The van der Waals surface area contributed by atoms with Crippen molar-refractivity contribution >= 4 is 28.8 Å². The lowest BCUT2D eigenvalue weighted by Crippen LogP contribution is -2.29. The fraction of sp³-hybridized carbons (Fsp3) is 0.222. The van der Waals surface area contributed by atoms with Crippen LogP contribution in [0.4, 0.5) is 11.4 Å². The Morgan fingerprint density at radius 2 is 1.55 bits per heavy atom. The first-order valence-electron chi connectivity index (χ1n) is 11.1. The van der Waals surface area contributed by atoms with E-state index in [-0.39, 0.29) is 11.3 Å². The summed E-state index contributed by atoms with van der Waals surface area (Å²) in [6.07, 6.45) is 3.08. The van der Waals surface area contributed by atoms with E-state index >= 15 is 0 Å². The highest BCUT2D eigenvalue weighted by atomic mass is 16.3. The van der Waals surface area contributed by atoms with Crippen molar-refractivity contribution in [2.45, 2.75) is 26.8 Å². The minimum atomic E-state index is -0.744. The molecule has 0 spiro atoms. The van der Waals surface area contributed by atoms with Crippen LogP contribution in [0.3, 0.4) is 0 Å². The van der Waals surface area contributed by atoms with Crippen LogP contribution in [0.2, 0.25) is 0 Å². The third-order valence-electron chi connectivity index (χ3n) is 6.05. The lowest BCUT2D eigenvalue weighted by Gasteiger charge is -2.27. The molecule has 2 heterocycles. The minimum absolute atomic E-state index is 0.0716. The second kappa shape index (κ2) is 9.28. The topological polar surface area (TPSA) is 73.7 Å². The first kappa shape index (κ1) is 22.3. The number of benzene rings is 2. The van der Waals surface area contributed by atoms with Gasteiger partial charge in [0.05, 0.1) is 11.6 Å². The number of rotatable bonds is 6. The molecule has 1 amide bonds. The van der Waals surface area contributed by atoms with Crippen molar-refractivity contribution in [2.75, 3.05) is 22.9 Å². The largest absolute Gasteiger partial charge is 0.507 e. The Morgan fingerprint density at radius 1 is 0.939 bits per heavy atom. The maximum atomic E-state index is 13.2. The van der Waals surface area contributed by atoms with Crippen LogP contribution in [-0.4, -0.2) is 34.9 Å². The number of anilines is 2. The Balaban J connectivity index is 1.88. The molecule has 1 aromatic heterocycles. The van der Waals surface area contributed by atoms with Gasteiger partial charge in [0.2, 0.25) is 0 Å². The van der Waals surface area contributed by atoms with E-state index in [4.69, 9.17) is 0 Å². The van der Waals surface area contributed by atoms with Gasteiger partial charge in [-0.15, -0.1) is 0 Å². The van der Waals surface area contributed by atoms with E-state index in [9.17, 15) is 14.7 Å². The van der Waals surface area contributed by atoms with Crippen LogP contribution in [0, 0.1) is 6.92 Å². The molecular weight excluding hydrogens is 414 g/mol. The van der Waals surface area contributed by atoms with E-state index in [0.29, 0.717) is 11.3 Å². The number of carbonyl (C=O) groups excluding carboxylic acids is 2. The maximum Gasteiger partial charge on any atom is 0.300 e. The summed E-state index contributed by atoms with van der Waals surface area (Å²) >= 11 is 0. The summed E-state index contributed by atoms with van der Waals surface area (Å²) in [7, 11) is 0. The zero-order chi connectivity index (χ0) is 23.5. The Labute approximate surface area is 193 Å². The van der Waals surface area contributed by atoms with Gasteiger partial charge in [0.25, 0.3) is 11.7 Å². The minimum Gasteiger partial charge on any atom is -0.507 e. The molecule has 2 aromatic carbocycles. The number of nitrogens with zero attached hydrogens (tertiary/aromatic N) is 3. The molecule has 168 valence electrons. The predicted molar refractivity (Wildman–Crippen MR) is 130 cm³/mol. The molecule has 0 aliphatic carbocycles. The number of aliphatic hydroxyl groups excluding tert-OH is 1. The molecule has 6 heteroatoms. The first-order chi connectivity index (χ1) is 16.0. The standard InChI is InChI=1S/C27H27N3O3/c1-4-29(5-2)21-12-8-19(9-13-21)24-23(25(31)20-14-16-28-17-15-20)26(32)27(33)30(24)22-10-6-18(3)7-11-22/h6-17,24,31H,4-5H2,1-3H3/b25-23-. The van der Waals surface area contributed by atoms with E-state index < -0.39 is 17.7 Å². The van der Waals surface area contributed by atoms with E-state index in [2.05, 4.69) is 23.7 Å². The number of pyridine rings is 1. The molecule has 6 nitrogen and oxygen atoms in total. The number of Topliss-reactive ketones (excluding diaryl/α,β-unsaturated/α-hetero) is 1. The van der Waals surface area contributed by atoms with Gasteiger partial charge in [-0.3, -0.25) is 19.5 Å². The van der Waals surface area contributed by atoms with Gasteiger partial charge >= 0.3 is 0 Å². The van der Waals surface area contributed by atoms with Crippen LogP contribution in [0.25, 0.3) is 5.76 Å². The summed E-state index contributed by atoms with van der Waals surface area (Å²) in [6.45, 7) is 7.90. The normalized spacial score (nSPS) is 17.4. The lowest BCUT2D eigenvalue weighted by atomic mass is 9.95. The van der Waals surface area contributed by atoms with Gasteiger partial charge in [-0.25, -0.2) is 0 Å². The molecule has 4 rings (SSSR count). The Kier molecular flexibility index (Phi) is 6.27. The highest BCUT2D eigenvalue weighted by molar-refractivity contribution is 6.51. The average molecular weight is 442 g/mol. The molecule has 0 saturated carbocycles. The van der Waals surface area contributed by atoms with Gasteiger partial charge in [-0.2, -0.15) is 0 Å². The monoisotopic (exact) mass is 441 g/mol. The van der Waals surface area contributed by atoms with Crippen molar-refractivity contribution < 1.29 is 14.7 Å².